The molecule has 0 aliphatic carbocycles. The Morgan fingerprint density at radius 3 is 1.57 bits per heavy atom. The summed E-state index contributed by atoms with van der Waals surface area (Å²) in [6.07, 6.45) is -8.15. The normalized spacial score (nSPS) is 22.5. The van der Waals surface area contributed by atoms with E-state index < -0.39 is 37.1 Å². The summed E-state index contributed by atoms with van der Waals surface area (Å²) in [5.74, 6) is 0. The quantitative estimate of drug-likeness (QED) is 0.235. The molecule has 0 amide bonds. The second kappa shape index (κ2) is 6.25. The largest absolute Gasteiger partial charge is 0.394 e. The van der Waals surface area contributed by atoms with Crippen molar-refractivity contribution < 1.29 is 30.6 Å². The summed E-state index contributed by atoms with van der Waals surface area (Å²) in [6.45, 7) is -1.05. The van der Waals surface area contributed by atoms with Crippen molar-refractivity contribution in [3.05, 3.63) is 0 Å². The first-order valence-corrected chi connectivity index (χ1v) is 4.17. The third kappa shape index (κ3) is 3.46. The molecular weight excluding hydrogens is 194 g/mol. The third-order valence-electron chi connectivity index (χ3n) is 1.92. The number of hydrogen-bond donors (Lipinski definition) is 7. The lowest BCUT2D eigenvalue weighted by molar-refractivity contribution is -0.138. The Morgan fingerprint density at radius 1 is 0.786 bits per heavy atom. The van der Waals surface area contributed by atoms with Gasteiger partial charge >= 0.3 is 0 Å². The highest BCUT2D eigenvalue weighted by Gasteiger charge is 2.33. The van der Waals surface area contributed by atoms with Crippen molar-refractivity contribution in [2.75, 3.05) is 13.2 Å². The van der Waals surface area contributed by atoms with Gasteiger partial charge in [0.25, 0.3) is 0 Å². The van der Waals surface area contributed by atoms with Gasteiger partial charge < -0.3 is 36.4 Å². The molecule has 5 atom stereocenters. The van der Waals surface area contributed by atoms with Crippen LogP contribution in [0.3, 0.4) is 0 Å². The maximum absolute atomic E-state index is 9.20. The lowest BCUT2D eigenvalue weighted by atomic mass is 9.99. The summed E-state index contributed by atoms with van der Waals surface area (Å²) in [7, 11) is 0. The van der Waals surface area contributed by atoms with Gasteiger partial charge in [-0.3, -0.25) is 0 Å². The minimum absolute atomic E-state index is 0.292. The molecule has 0 aromatic rings. The first kappa shape index (κ1) is 13.7. The van der Waals surface area contributed by atoms with Crippen LogP contribution in [0.2, 0.25) is 0 Å². The molecular formula is C7H17NO6. The van der Waals surface area contributed by atoms with E-state index in [1.165, 1.54) is 0 Å². The van der Waals surface area contributed by atoms with Crippen LogP contribution >= 0.6 is 0 Å². The fourth-order valence-corrected chi connectivity index (χ4v) is 0.905. The maximum Gasteiger partial charge on any atom is 0.111 e. The first-order chi connectivity index (χ1) is 6.45. The van der Waals surface area contributed by atoms with E-state index >= 15 is 0 Å². The summed E-state index contributed by atoms with van der Waals surface area (Å²) >= 11 is 0. The second-order valence-corrected chi connectivity index (χ2v) is 3.02. The predicted molar refractivity (Wildman–Crippen MR) is 46.2 cm³/mol. The molecule has 0 aromatic carbocycles. The van der Waals surface area contributed by atoms with Gasteiger partial charge in [-0.2, -0.15) is 0 Å². The van der Waals surface area contributed by atoms with Crippen molar-refractivity contribution >= 4 is 0 Å². The average molecular weight is 211 g/mol. The van der Waals surface area contributed by atoms with Crippen LogP contribution < -0.4 is 5.73 Å². The molecule has 86 valence electrons. The standard InChI is InChI=1S/C7H17NO6/c8-1-3(10)5(12)7(14)6(13)4(11)2-9/h3-7,9-14H,1-2,8H2/t3-,4+,5-,6+,7+/m0/s1. The highest BCUT2D eigenvalue weighted by Crippen LogP contribution is 2.07. The van der Waals surface area contributed by atoms with Crippen molar-refractivity contribution in [2.24, 2.45) is 5.73 Å². The monoisotopic (exact) mass is 211 g/mol. The van der Waals surface area contributed by atoms with E-state index in [2.05, 4.69) is 0 Å². The smallest absolute Gasteiger partial charge is 0.111 e. The van der Waals surface area contributed by atoms with Crippen LogP contribution in [0.5, 0.6) is 0 Å². The van der Waals surface area contributed by atoms with Crippen LogP contribution in [-0.2, 0) is 0 Å². The summed E-state index contributed by atoms with van der Waals surface area (Å²) in [4.78, 5) is 0. The van der Waals surface area contributed by atoms with Crippen molar-refractivity contribution in [2.45, 2.75) is 30.5 Å². The van der Waals surface area contributed by atoms with E-state index in [0.29, 0.717) is 0 Å². The Kier molecular flexibility index (Phi) is 6.12. The Morgan fingerprint density at radius 2 is 1.21 bits per heavy atom. The molecule has 0 fully saturated rings. The Balaban J connectivity index is 4.22. The van der Waals surface area contributed by atoms with E-state index in [9.17, 15) is 5.11 Å². The van der Waals surface area contributed by atoms with Gasteiger partial charge in [0.2, 0.25) is 0 Å². The first-order valence-electron chi connectivity index (χ1n) is 4.17. The van der Waals surface area contributed by atoms with Gasteiger partial charge in [-0.25, -0.2) is 0 Å². The van der Waals surface area contributed by atoms with E-state index in [0.717, 1.165) is 0 Å². The molecule has 0 saturated carbocycles. The highest BCUT2D eigenvalue weighted by atomic mass is 16.4. The lowest BCUT2D eigenvalue weighted by Gasteiger charge is -2.27. The molecule has 0 aromatic heterocycles. The molecule has 7 heteroatoms. The van der Waals surface area contributed by atoms with Crippen LogP contribution in [0, 0.1) is 0 Å². The topological polar surface area (TPSA) is 147 Å². The molecule has 0 bridgehead atoms. The van der Waals surface area contributed by atoms with Gasteiger partial charge in [0.1, 0.15) is 24.4 Å². The van der Waals surface area contributed by atoms with Crippen molar-refractivity contribution in [1.29, 1.82) is 0 Å². The molecule has 0 aliphatic heterocycles. The molecule has 0 unspecified atom stereocenters. The Bertz CT molecular complexity index is 141. The van der Waals surface area contributed by atoms with Crippen molar-refractivity contribution in [1.82, 2.24) is 0 Å². The number of rotatable bonds is 6. The average Bonchev–Trinajstić information content (AvgIpc) is 2.23. The zero-order chi connectivity index (χ0) is 11.3. The zero-order valence-corrected chi connectivity index (χ0v) is 7.56. The Hall–Kier alpha value is -0.280. The van der Waals surface area contributed by atoms with Crippen molar-refractivity contribution in [3.63, 3.8) is 0 Å². The number of nitrogens with two attached hydrogens (primary N) is 1. The molecule has 0 aliphatic rings. The Labute approximate surface area is 81.0 Å². The van der Waals surface area contributed by atoms with Crippen LogP contribution in [0.1, 0.15) is 0 Å². The minimum atomic E-state index is -1.77. The molecule has 14 heavy (non-hydrogen) atoms. The molecule has 7 nitrogen and oxygen atoms in total. The minimum Gasteiger partial charge on any atom is -0.394 e. The molecule has 0 saturated heterocycles. The maximum atomic E-state index is 9.20. The van der Waals surface area contributed by atoms with E-state index in [1.54, 1.807) is 0 Å². The highest BCUT2D eigenvalue weighted by molar-refractivity contribution is 4.84. The summed E-state index contributed by atoms with van der Waals surface area (Å²) in [5.41, 5.74) is 5.00. The van der Waals surface area contributed by atoms with E-state index in [1.807, 2.05) is 0 Å². The SMILES string of the molecule is NC[C@H](O)[C@H](O)[C@@H](O)[C@H](O)[C@H](O)CO. The van der Waals surface area contributed by atoms with Crippen molar-refractivity contribution in [3.8, 4) is 0 Å². The van der Waals surface area contributed by atoms with E-state index in [-0.39, 0.29) is 6.54 Å². The number of hydrogen-bond acceptors (Lipinski definition) is 7. The molecule has 0 spiro atoms. The molecule has 0 radical (unpaired) electrons. The second-order valence-electron chi connectivity index (χ2n) is 3.02. The van der Waals surface area contributed by atoms with Gasteiger partial charge in [-0.1, -0.05) is 0 Å². The molecule has 8 N–H and O–H groups in total. The van der Waals surface area contributed by atoms with Gasteiger partial charge in [0.15, 0.2) is 0 Å². The van der Waals surface area contributed by atoms with Gasteiger partial charge in [-0.05, 0) is 0 Å². The van der Waals surface area contributed by atoms with Gasteiger partial charge in [-0.15, -0.1) is 0 Å². The van der Waals surface area contributed by atoms with Gasteiger partial charge in [0.05, 0.1) is 12.7 Å². The summed E-state index contributed by atoms with van der Waals surface area (Å²) in [6, 6.07) is 0. The molecule has 0 heterocycles. The van der Waals surface area contributed by atoms with Crippen LogP contribution in [0.4, 0.5) is 0 Å². The van der Waals surface area contributed by atoms with Crippen LogP contribution in [0.25, 0.3) is 0 Å². The number of aliphatic hydroxyl groups is 6. The predicted octanol–water partition coefficient (Wildman–Crippen LogP) is -4.26. The zero-order valence-electron chi connectivity index (χ0n) is 7.56. The summed E-state index contributed by atoms with van der Waals surface area (Å²) in [5, 5.41) is 53.9. The van der Waals surface area contributed by atoms with Crippen LogP contribution in [-0.4, -0.2) is 74.3 Å². The fourth-order valence-electron chi connectivity index (χ4n) is 0.905. The van der Waals surface area contributed by atoms with Crippen LogP contribution in [0.15, 0.2) is 0 Å². The third-order valence-corrected chi connectivity index (χ3v) is 1.92. The fraction of sp³-hybridized carbons (Fsp3) is 1.00. The lowest BCUT2D eigenvalue weighted by Crippen LogP contribution is -2.51. The van der Waals surface area contributed by atoms with Gasteiger partial charge in [0, 0.05) is 6.54 Å². The number of aliphatic hydroxyl groups excluding tert-OH is 6. The van der Waals surface area contributed by atoms with E-state index in [4.69, 9.17) is 31.3 Å². The molecule has 0 rings (SSSR count). The summed E-state index contributed by atoms with van der Waals surface area (Å²) < 4.78 is 0.